The Morgan fingerprint density at radius 1 is 1.64 bits per heavy atom. The molecule has 1 nitrogen and oxygen atoms in total. The first-order valence-corrected chi connectivity index (χ1v) is 4.20. The van der Waals surface area contributed by atoms with Crippen molar-refractivity contribution in [1.82, 2.24) is 0 Å². The van der Waals surface area contributed by atoms with Gasteiger partial charge in [-0.3, -0.25) is 4.99 Å². The number of aryl methyl sites for hydroxylation is 1. The van der Waals surface area contributed by atoms with E-state index in [1.165, 1.54) is 4.88 Å². The minimum Gasteiger partial charge on any atom is -0.263 e. The van der Waals surface area contributed by atoms with Gasteiger partial charge in [-0.25, -0.2) is 0 Å². The second-order valence-electron chi connectivity index (χ2n) is 2.51. The zero-order valence-corrected chi connectivity index (χ0v) is 7.66. The molecule has 0 spiro atoms. The molecule has 0 atom stereocenters. The Balaban J connectivity index is 3.22. The molecule has 0 N–H and O–H groups in total. The summed E-state index contributed by atoms with van der Waals surface area (Å²) in [6, 6.07) is 2.03. The summed E-state index contributed by atoms with van der Waals surface area (Å²) in [5, 5.41) is 0. The lowest BCUT2D eigenvalue weighted by molar-refractivity contribution is 1.55. The molecule has 0 aliphatic carbocycles. The van der Waals surface area contributed by atoms with E-state index < -0.39 is 0 Å². The largest absolute Gasteiger partial charge is 0.263 e. The SMILES string of the molecule is C=Nc1cc(C)sc1C(=C)C. The van der Waals surface area contributed by atoms with Gasteiger partial charge in [0.1, 0.15) is 0 Å². The Hall–Kier alpha value is -0.890. The van der Waals surface area contributed by atoms with Crippen molar-refractivity contribution in [1.29, 1.82) is 0 Å². The van der Waals surface area contributed by atoms with E-state index in [1.807, 2.05) is 13.0 Å². The highest BCUT2D eigenvalue weighted by atomic mass is 32.1. The maximum Gasteiger partial charge on any atom is 0.0807 e. The Bertz CT molecular complexity index is 297. The van der Waals surface area contributed by atoms with Gasteiger partial charge in [0.05, 0.1) is 10.6 Å². The molecule has 1 aromatic heterocycles. The van der Waals surface area contributed by atoms with Crippen LogP contribution >= 0.6 is 11.3 Å². The van der Waals surface area contributed by atoms with Crippen molar-refractivity contribution in [2.45, 2.75) is 13.8 Å². The minimum atomic E-state index is 0.958. The summed E-state index contributed by atoms with van der Waals surface area (Å²) in [6.45, 7) is 11.4. The van der Waals surface area contributed by atoms with Crippen molar-refractivity contribution in [2.75, 3.05) is 0 Å². The van der Waals surface area contributed by atoms with Gasteiger partial charge in [0.25, 0.3) is 0 Å². The fourth-order valence-corrected chi connectivity index (χ4v) is 1.82. The first-order chi connectivity index (χ1) is 5.15. The molecule has 0 aromatic carbocycles. The van der Waals surface area contributed by atoms with Crippen LogP contribution in [0.1, 0.15) is 16.7 Å². The molecular weight excluding hydrogens is 154 g/mol. The van der Waals surface area contributed by atoms with Gasteiger partial charge >= 0.3 is 0 Å². The second kappa shape index (κ2) is 3.01. The Morgan fingerprint density at radius 3 is 2.64 bits per heavy atom. The molecule has 0 aliphatic heterocycles. The van der Waals surface area contributed by atoms with Gasteiger partial charge in [0.15, 0.2) is 0 Å². The van der Waals surface area contributed by atoms with E-state index in [2.05, 4.69) is 25.2 Å². The molecule has 0 radical (unpaired) electrons. The van der Waals surface area contributed by atoms with Crippen LogP contribution in [0.2, 0.25) is 0 Å². The molecule has 0 saturated carbocycles. The molecule has 0 unspecified atom stereocenters. The minimum absolute atomic E-state index is 0.958. The van der Waals surface area contributed by atoms with Crippen LogP contribution in [-0.4, -0.2) is 6.72 Å². The van der Waals surface area contributed by atoms with Gasteiger partial charge in [-0.1, -0.05) is 6.58 Å². The predicted octanol–water partition coefficient (Wildman–Crippen LogP) is 3.42. The fourth-order valence-electron chi connectivity index (χ4n) is 0.924. The van der Waals surface area contributed by atoms with Crippen LogP contribution in [0.3, 0.4) is 0 Å². The average molecular weight is 165 g/mol. The number of hydrogen-bond acceptors (Lipinski definition) is 2. The molecular formula is C9H11NS. The van der Waals surface area contributed by atoms with Crippen molar-refractivity contribution in [3.8, 4) is 0 Å². The lowest BCUT2D eigenvalue weighted by Gasteiger charge is -1.93. The van der Waals surface area contributed by atoms with Crippen LogP contribution in [0, 0.1) is 6.92 Å². The summed E-state index contributed by atoms with van der Waals surface area (Å²) >= 11 is 1.71. The van der Waals surface area contributed by atoms with E-state index in [1.54, 1.807) is 11.3 Å². The molecule has 0 amide bonds. The highest BCUT2D eigenvalue weighted by Crippen LogP contribution is 2.33. The quantitative estimate of drug-likeness (QED) is 0.595. The predicted molar refractivity (Wildman–Crippen MR) is 53.0 cm³/mol. The third-order valence-electron chi connectivity index (χ3n) is 1.39. The summed E-state index contributed by atoms with van der Waals surface area (Å²) in [4.78, 5) is 6.32. The molecule has 1 aromatic rings. The molecule has 0 bridgehead atoms. The summed E-state index contributed by atoms with van der Waals surface area (Å²) in [6.07, 6.45) is 0. The second-order valence-corrected chi connectivity index (χ2v) is 3.77. The van der Waals surface area contributed by atoms with Crippen LogP contribution < -0.4 is 0 Å². The Labute approximate surface area is 71.1 Å². The normalized spacial score (nSPS) is 9.64. The number of rotatable bonds is 2. The summed E-state index contributed by atoms with van der Waals surface area (Å²) in [5.74, 6) is 0. The average Bonchev–Trinajstić information content (AvgIpc) is 2.30. The standard InChI is InChI=1S/C9H11NS/c1-6(2)9-8(10-4)5-7(3)11-9/h5H,1,4H2,2-3H3. The van der Waals surface area contributed by atoms with Crippen molar-refractivity contribution in [3.63, 3.8) is 0 Å². The van der Waals surface area contributed by atoms with Gasteiger partial charge in [-0.15, -0.1) is 11.3 Å². The number of thiophene rings is 1. The van der Waals surface area contributed by atoms with Crippen molar-refractivity contribution < 1.29 is 0 Å². The van der Waals surface area contributed by atoms with Gasteiger partial charge < -0.3 is 0 Å². The molecule has 1 heterocycles. The first-order valence-electron chi connectivity index (χ1n) is 3.38. The maximum atomic E-state index is 3.91. The zero-order valence-electron chi connectivity index (χ0n) is 6.85. The van der Waals surface area contributed by atoms with Crippen LogP contribution in [0.4, 0.5) is 5.69 Å². The molecule has 58 valence electrons. The van der Waals surface area contributed by atoms with Gasteiger partial charge in [0, 0.05) is 4.88 Å². The third-order valence-corrected chi connectivity index (χ3v) is 2.60. The van der Waals surface area contributed by atoms with E-state index >= 15 is 0 Å². The fraction of sp³-hybridized carbons (Fsp3) is 0.222. The molecule has 1 rings (SSSR count). The number of aliphatic imine (C=N–C) groups is 1. The van der Waals surface area contributed by atoms with Crippen LogP contribution in [-0.2, 0) is 0 Å². The summed E-state index contributed by atoms with van der Waals surface area (Å²) < 4.78 is 0. The van der Waals surface area contributed by atoms with Crippen molar-refractivity contribution in [2.24, 2.45) is 4.99 Å². The van der Waals surface area contributed by atoms with Crippen LogP contribution in [0.5, 0.6) is 0 Å². The highest BCUT2D eigenvalue weighted by molar-refractivity contribution is 7.13. The molecule has 0 aliphatic rings. The number of nitrogens with zero attached hydrogens (tertiary/aromatic N) is 1. The Morgan fingerprint density at radius 2 is 2.27 bits per heavy atom. The summed E-state index contributed by atoms with van der Waals surface area (Å²) in [5.41, 5.74) is 2.02. The lowest BCUT2D eigenvalue weighted by Crippen LogP contribution is -1.67. The number of allylic oxidation sites excluding steroid dienone is 1. The molecule has 0 fully saturated rings. The van der Waals surface area contributed by atoms with E-state index in [-0.39, 0.29) is 0 Å². The van der Waals surface area contributed by atoms with Crippen molar-refractivity contribution >= 4 is 29.3 Å². The van der Waals surface area contributed by atoms with E-state index in [0.717, 1.165) is 16.1 Å². The topological polar surface area (TPSA) is 12.4 Å². The van der Waals surface area contributed by atoms with E-state index in [4.69, 9.17) is 0 Å². The molecule has 0 saturated heterocycles. The lowest BCUT2D eigenvalue weighted by atomic mass is 10.2. The number of hydrogen-bond donors (Lipinski definition) is 0. The Kier molecular flexibility index (Phi) is 2.25. The smallest absolute Gasteiger partial charge is 0.0807 e. The van der Waals surface area contributed by atoms with Gasteiger partial charge in [-0.05, 0) is 32.2 Å². The molecule has 2 heteroatoms. The third kappa shape index (κ3) is 1.57. The summed E-state index contributed by atoms with van der Waals surface area (Å²) in [7, 11) is 0. The van der Waals surface area contributed by atoms with E-state index in [0.29, 0.717) is 0 Å². The van der Waals surface area contributed by atoms with Gasteiger partial charge in [0.2, 0.25) is 0 Å². The van der Waals surface area contributed by atoms with Crippen LogP contribution in [0.25, 0.3) is 5.57 Å². The first kappa shape index (κ1) is 8.21. The van der Waals surface area contributed by atoms with Gasteiger partial charge in [-0.2, -0.15) is 0 Å². The highest BCUT2D eigenvalue weighted by Gasteiger charge is 2.04. The zero-order chi connectivity index (χ0) is 8.43. The van der Waals surface area contributed by atoms with Crippen molar-refractivity contribution in [3.05, 3.63) is 22.4 Å². The van der Waals surface area contributed by atoms with Crippen LogP contribution in [0.15, 0.2) is 17.6 Å². The molecule has 11 heavy (non-hydrogen) atoms. The maximum absolute atomic E-state index is 3.91. The monoisotopic (exact) mass is 165 g/mol. The van der Waals surface area contributed by atoms with E-state index in [9.17, 15) is 0 Å².